The molecular formula is C24H24N2. The third-order valence-electron chi connectivity index (χ3n) is 4.99. The lowest BCUT2D eigenvalue weighted by molar-refractivity contribution is 0.532. The van der Waals surface area contributed by atoms with E-state index in [-0.39, 0.29) is 0 Å². The summed E-state index contributed by atoms with van der Waals surface area (Å²) in [5.74, 6) is 0. The van der Waals surface area contributed by atoms with Gasteiger partial charge in [-0.1, -0.05) is 66.2 Å². The Morgan fingerprint density at radius 3 is 2.62 bits per heavy atom. The Balaban J connectivity index is 1.50. The van der Waals surface area contributed by atoms with Gasteiger partial charge in [0.2, 0.25) is 0 Å². The number of hydrogen-bond acceptors (Lipinski definition) is 2. The molecule has 2 heteroatoms. The van der Waals surface area contributed by atoms with Crippen molar-refractivity contribution in [3.8, 4) is 11.1 Å². The van der Waals surface area contributed by atoms with E-state index in [4.69, 9.17) is 0 Å². The number of hydrogen-bond donors (Lipinski definition) is 1. The molecule has 1 atom stereocenters. The van der Waals surface area contributed by atoms with Gasteiger partial charge in [-0.05, 0) is 48.1 Å². The van der Waals surface area contributed by atoms with E-state index in [1.807, 2.05) is 12.4 Å². The molecule has 0 bridgehead atoms. The predicted octanol–water partition coefficient (Wildman–Crippen LogP) is 5.05. The normalized spacial score (nSPS) is 17.0. The van der Waals surface area contributed by atoms with Crippen molar-refractivity contribution < 1.29 is 0 Å². The minimum atomic E-state index is 0.449. The zero-order valence-corrected chi connectivity index (χ0v) is 15.2. The minimum absolute atomic E-state index is 0.449. The van der Waals surface area contributed by atoms with E-state index < -0.39 is 0 Å². The number of aryl methyl sites for hydroxylation is 1. The van der Waals surface area contributed by atoms with Gasteiger partial charge >= 0.3 is 0 Å². The van der Waals surface area contributed by atoms with Gasteiger partial charge in [-0.25, -0.2) is 0 Å². The van der Waals surface area contributed by atoms with Gasteiger partial charge in [-0.3, -0.25) is 4.98 Å². The van der Waals surface area contributed by atoms with Crippen molar-refractivity contribution in [1.82, 2.24) is 10.3 Å². The summed E-state index contributed by atoms with van der Waals surface area (Å²) in [6.45, 7) is 3.06. The third kappa shape index (κ3) is 3.92. The highest BCUT2D eigenvalue weighted by atomic mass is 14.9. The van der Waals surface area contributed by atoms with Gasteiger partial charge in [0.05, 0.1) is 0 Å². The second-order valence-corrected chi connectivity index (χ2v) is 7.06. The van der Waals surface area contributed by atoms with Crippen molar-refractivity contribution in [2.45, 2.75) is 25.8 Å². The van der Waals surface area contributed by atoms with Gasteiger partial charge in [0.25, 0.3) is 0 Å². The van der Waals surface area contributed by atoms with Crippen LogP contribution < -0.4 is 5.32 Å². The summed E-state index contributed by atoms with van der Waals surface area (Å²) in [5, 5.41) is 3.63. The monoisotopic (exact) mass is 340 g/mol. The molecule has 0 aliphatic carbocycles. The third-order valence-corrected chi connectivity index (χ3v) is 4.99. The minimum Gasteiger partial charge on any atom is -0.310 e. The highest BCUT2D eigenvalue weighted by molar-refractivity contribution is 5.67. The molecule has 26 heavy (non-hydrogen) atoms. The van der Waals surface area contributed by atoms with Gasteiger partial charge in [0.15, 0.2) is 0 Å². The second-order valence-electron chi connectivity index (χ2n) is 7.06. The molecule has 0 radical (unpaired) electrons. The number of rotatable bonds is 4. The Bertz CT molecular complexity index is 912. The first kappa shape index (κ1) is 16.7. The van der Waals surface area contributed by atoms with Gasteiger partial charge in [-0.2, -0.15) is 0 Å². The summed E-state index contributed by atoms with van der Waals surface area (Å²) in [7, 11) is 0. The molecule has 0 amide bonds. The molecule has 1 N–H and O–H groups in total. The lowest BCUT2D eigenvalue weighted by Gasteiger charge is -2.25. The molecule has 2 heterocycles. The molecule has 1 unspecified atom stereocenters. The SMILES string of the molecule is Cc1cccc(-c2cncc(CC3CC(c4ccccc4)=CCN3)c2)c1. The van der Waals surface area contributed by atoms with Crippen LogP contribution >= 0.6 is 0 Å². The van der Waals surface area contributed by atoms with Crippen molar-refractivity contribution in [3.05, 3.63) is 95.8 Å². The molecule has 2 aromatic carbocycles. The lowest BCUT2D eigenvalue weighted by atomic mass is 9.92. The molecule has 1 aromatic heterocycles. The molecule has 0 saturated carbocycles. The van der Waals surface area contributed by atoms with E-state index in [2.05, 4.69) is 84.0 Å². The Kier molecular flexibility index (Phi) is 4.94. The Morgan fingerprint density at radius 1 is 0.923 bits per heavy atom. The summed E-state index contributed by atoms with van der Waals surface area (Å²) in [4.78, 5) is 4.49. The van der Waals surface area contributed by atoms with Gasteiger partial charge in [-0.15, -0.1) is 0 Å². The van der Waals surface area contributed by atoms with Crippen molar-refractivity contribution >= 4 is 5.57 Å². The average Bonchev–Trinajstić information content (AvgIpc) is 2.69. The lowest BCUT2D eigenvalue weighted by Crippen LogP contribution is -2.34. The average molecular weight is 340 g/mol. The molecule has 3 aromatic rings. The van der Waals surface area contributed by atoms with Crippen molar-refractivity contribution in [2.24, 2.45) is 0 Å². The standard InChI is InChI=1S/C24H24N2/c1-18-6-5-9-21(12-18)23-13-19(16-25-17-23)14-24-15-22(10-11-26-24)20-7-3-2-4-8-20/h2-10,12-13,16-17,24,26H,11,14-15H2,1H3. The van der Waals surface area contributed by atoms with E-state index >= 15 is 0 Å². The van der Waals surface area contributed by atoms with Gasteiger partial charge < -0.3 is 5.32 Å². The molecule has 4 rings (SSSR count). The smallest absolute Gasteiger partial charge is 0.0346 e. The first-order valence-electron chi connectivity index (χ1n) is 9.27. The van der Waals surface area contributed by atoms with Crippen molar-refractivity contribution in [2.75, 3.05) is 6.54 Å². The van der Waals surface area contributed by atoms with Crippen LogP contribution in [0.3, 0.4) is 0 Å². The van der Waals surface area contributed by atoms with E-state index in [0.29, 0.717) is 6.04 Å². The molecule has 1 aliphatic rings. The van der Waals surface area contributed by atoms with Gasteiger partial charge in [0, 0.05) is 30.5 Å². The maximum absolute atomic E-state index is 4.49. The molecule has 2 nitrogen and oxygen atoms in total. The van der Waals surface area contributed by atoms with Crippen molar-refractivity contribution in [3.63, 3.8) is 0 Å². The summed E-state index contributed by atoms with van der Waals surface area (Å²) in [5.41, 5.74) is 7.78. The largest absolute Gasteiger partial charge is 0.310 e. The first-order chi connectivity index (χ1) is 12.8. The number of aromatic nitrogens is 1. The second kappa shape index (κ2) is 7.67. The van der Waals surface area contributed by atoms with Crippen molar-refractivity contribution in [1.29, 1.82) is 0 Å². The summed E-state index contributed by atoms with van der Waals surface area (Å²) < 4.78 is 0. The van der Waals surface area contributed by atoms with Crippen LogP contribution in [0.1, 0.15) is 23.1 Å². The van der Waals surface area contributed by atoms with Crippen LogP contribution in [0.25, 0.3) is 16.7 Å². The van der Waals surface area contributed by atoms with E-state index in [9.17, 15) is 0 Å². The molecule has 0 fully saturated rings. The van der Waals surface area contributed by atoms with Crippen LogP contribution in [0.5, 0.6) is 0 Å². The zero-order chi connectivity index (χ0) is 17.8. The number of benzene rings is 2. The van der Waals surface area contributed by atoms with E-state index in [1.54, 1.807) is 0 Å². The van der Waals surface area contributed by atoms with E-state index in [0.717, 1.165) is 19.4 Å². The van der Waals surface area contributed by atoms with Crippen LogP contribution in [0.15, 0.2) is 79.1 Å². The van der Waals surface area contributed by atoms with E-state index in [1.165, 1.54) is 33.4 Å². The fourth-order valence-corrected chi connectivity index (χ4v) is 3.67. The van der Waals surface area contributed by atoms with Crippen LogP contribution in [0.2, 0.25) is 0 Å². The molecule has 0 saturated heterocycles. The van der Waals surface area contributed by atoms with Gasteiger partial charge in [0.1, 0.15) is 0 Å². The molecular weight excluding hydrogens is 316 g/mol. The van der Waals surface area contributed by atoms with Crippen LogP contribution in [0.4, 0.5) is 0 Å². The Labute approximate surface area is 155 Å². The molecule has 0 spiro atoms. The fraction of sp³-hybridized carbons (Fsp3) is 0.208. The van der Waals surface area contributed by atoms with Crippen LogP contribution in [-0.4, -0.2) is 17.6 Å². The fourth-order valence-electron chi connectivity index (χ4n) is 3.67. The molecule has 1 aliphatic heterocycles. The zero-order valence-electron chi connectivity index (χ0n) is 15.2. The highest BCUT2D eigenvalue weighted by Gasteiger charge is 2.16. The number of nitrogens with one attached hydrogen (secondary N) is 1. The Hall–Kier alpha value is -2.71. The van der Waals surface area contributed by atoms with Crippen LogP contribution in [-0.2, 0) is 6.42 Å². The number of nitrogens with zero attached hydrogens (tertiary/aromatic N) is 1. The first-order valence-corrected chi connectivity index (χ1v) is 9.27. The highest BCUT2D eigenvalue weighted by Crippen LogP contribution is 2.25. The maximum Gasteiger partial charge on any atom is 0.0346 e. The summed E-state index contributed by atoms with van der Waals surface area (Å²) in [6, 6.07) is 22.0. The predicted molar refractivity (Wildman–Crippen MR) is 109 cm³/mol. The maximum atomic E-state index is 4.49. The topological polar surface area (TPSA) is 24.9 Å². The molecule has 130 valence electrons. The summed E-state index contributed by atoms with van der Waals surface area (Å²) in [6.07, 6.45) is 8.33. The summed E-state index contributed by atoms with van der Waals surface area (Å²) >= 11 is 0. The van der Waals surface area contributed by atoms with Crippen LogP contribution in [0, 0.1) is 6.92 Å². The quantitative estimate of drug-likeness (QED) is 0.719. The Morgan fingerprint density at radius 2 is 1.77 bits per heavy atom. The number of pyridine rings is 1.